The van der Waals surface area contributed by atoms with Gasteiger partial charge in [-0.05, 0) is 86.5 Å². The highest BCUT2D eigenvalue weighted by molar-refractivity contribution is 7.99. The average Bonchev–Trinajstić information content (AvgIpc) is 2.66. The van der Waals surface area contributed by atoms with Crippen LogP contribution in [0.4, 0.5) is 0 Å². The number of carbonyl (C=O) groups excluding carboxylic acids is 1. The van der Waals surface area contributed by atoms with Gasteiger partial charge in [0.25, 0.3) is 0 Å². The van der Waals surface area contributed by atoms with Crippen molar-refractivity contribution in [3.63, 3.8) is 0 Å². The largest absolute Gasteiger partial charge is 0.478 e. The van der Waals surface area contributed by atoms with E-state index in [1.807, 2.05) is 37.3 Å². The van der Waals surface area contributed by atoms with Crippen LogP contribution in [-0.4, -0.2) is 28.2 Å². The Morgan fingerprint density at radius 2 is 1.82 bits per heavy atom. The number of aliphatic carboxylic acids is 1. The van der Waals surface area contributed by atoms with E-state index in [1.54, 1.807) is 36.0 Å². The van der Waals surface area contributed by atoms with E-state index in [9.17, 15) is 14.7 Å². The number of rotatable bonds is 9. The van der Waals surface area contributed by atoms with Crippen molar-refractivity contribution < 1.29 is 19.4 Å². The average molecular weight is 399 g/mol. The second kappa shape index (κ2) is 9.60. The minimum absolute atomic E-state index is 0.0583. The fourth-order valence-corrected chi connectivity index (χ4v) is 3.18. The summed E-state index contributed by atoms with van der Waals surface area (Å²) in [6.07, 6.45) is 4.41. The Morgan fingerprint density at radius 1 is 1.14 bits per heavy atom. The Balaban J connectivity index is 2.06. The Bertz CT molecular complexity index is 867. The molecule has 0 radical (unpaired) electrons. The maximum absolute atomic E-state index is 12.4. The molecule has 0 atom stereocenters. The summed E-state index contributed by atoms with van der Waals surface area (Å²) in [5.41, 5.74) is 0.999. The van der Waals surface area contributed by atoms with E-state index in [4.69, 9.17) is 4.74 Å². The molecule has 0 fully saturated rings. The van der Waals surface area contributed by atoms with Crippen molar-refractivity contribution in [2.75, 3.05) is 5.75 Å². The molecular weight excluding hydrogens is 372 g/mol. The number of benzene rings is 2. The number of thioether (sulfide) groups is 1. The molecule has 0 aliphatic heterocycles. The first kappa shape index (κ1) is 21.8. The molecule has 2 aromatic rings. The smallest absolute Gasteiger partial charge is 0.347 e. The minimum Gasteiger partial charge on any atom is -0.478 e. The molecule has 28 heavy (non-hydrogen) atoms. The zero-order valence-electron chi connectivity index (χ0n) is 16.7. The zero-order valence-corrected chi connectivity index (χ0v) is 17.5. The molecular formula is C23H26O4S. The Labute approximate surface area is 170 Å². The van der Waals surface area contributed by atoms with E-state index in [2.05, 4.69) is 6.92 Å². The van der Waals surface area contributed by atoms with Crippen molar-refractivity contribution in [2.24, 2.45) is 0 Å². The quantitative estimate of drug-likeness (QED) is 0.337. The molecule has 0 aliphatic rings. The first-order valence-corrected chi connectivity index (χ1v) is 10.2. The molecule has 2 rings (SSSR count). The van der Waals surface area contributed by atoms with Crippen LogP contribution in [0.2, 0.25) is 0 Å². The number of carboxylic acids is 1. The third-order valence-electron chi connectivity index (χ3n) is 4.12. The number of carbonyl (C=O) groups is 2. The highest BCUT2D eigenvalue weighted by atomic mass is 32.2. The van der Waals surface area contributed by atoms with E-state index in [0.717, 1.165) is 28.2 Å². The van der Waals surface area contributed by atoms with Gasteiger partial charge in [-0.3, -0.25) is 4.79 Å². The summed E-state index contributed by atoms with van der Waals surface area (Å²) >= 11 is 1.78. The predicted molar refractivity (Wildman–Crippen MR) is 114 cm³/mol. The molecule has 4 nitrogen and oxygen atoms in total. The third kappa shape index (κ3) is 5.99. The van der Waals surface area contributed by atoms with Gasteiger partial charge in [-0.1, -0.05) is 19.1 Å². The van der Waals surface area contributed by atoms with Gasteiger partial charge >= 0.3 is 5.97 Å². The van der Waals surface area contributed by atoms with Crippen molar-refractivity contribution in [3.8, 4) is 5.75 Å². The van der Waals surface area contributed by atoms with Gasteiger partial charge < -0.3 is 9.84 Å². The number of hydrogen-bond acceptors (Lipinski definition) is 4. The van der Waals surface area contributed by atoms with Crippen molar-refractivity contribution in [3.05, 3.63) is 65.2 Å². The topological polar surface area (TPSA) is 63.6 Å². The number of carboxylic acid groups (broad SMARTS) is 1. The first-order valence-electron chi connectivity index (χ1n) is 9.21. The molecule has 0 heterocycles. The molecule has 2 aromatic carbocycles. The highest BCUT2D eigenvalue weighted by Crippen LogP contribution is 2.25. The van der Waals surface area contributed by atoms with Gasteiger partial charge in [0.2, 0.25) is 0 Å². The zero-order chi connectivity index (χ0) is 20.7. The highest BCUT2D eigenvalue weighted by Gasteiger charge is 2.29. The Kier molecular flexibility index (Phi) is 7.46. The lowest BCUT2D eigenvalue weighted by Crippen LogP contribution is -2.38. The molecule has 0 aliphatic carbocycles. The molecule has 0 unspecified atom stereocenters. The second-order valence-corrected chi connectivity index (χ2v) is 8.18. The summed E-state index contributed by atoms with van der Waals surface area (Å²) in [6, 6.07) is 13.0. The monoisotopic (exact) mass is 398 g/mol. The third-order valence-corrected chi connectivity index (χ3v) is 5.34. The van der Waals surface area contributed by atoms with Gasteiger partial charge in [-0.15, -0.1) is 11.8 Å². The van der Waals surface area contributed by atoms with E-state index in [1.165, 1.54) is 13.8 Å². The molecule has 0 aromatic heterocycles. The molecule has 0 bridgehead atoms. The summed E-state index contributed by atoms with van der Waals surface area (Å²) in [5.74, 6) is 0.490. The number of ether oxygens (including phenoxy) is 1. The van der Waals surface area contributed by atoms with Crippen LogP contribution in [0.1, 0.15) is 48.7 Å². The van der Waals surface area contributed by atoms with Crippen molar-refractivity contribution in [2.45, 2.75) is 44.6 Å². The minimum atomic E-state index is -1.31. The van der Waals surface area contributed by atoms with Gasteiger partial charge in [0.05, 0.1) is 0 Å². The first-order chi connectivity index (χ1) is 13.2. The van der Waals surface area contributed by atoms with E-state index < -0.39 is 11.6 Å². The molecule has 0 saturated carbocycles. The normalized spacial score (nSPS) is 11.6. The molecule has 0 saturated heterocycles. The van der Waals surface area contributed by atoms with Crippen LogP contribution in [0, 0.1) is 6.92 Å². The summed E-state index contributed by atoms with van der Waals surface area (Å²) in [7, 11) is 0. The molecule has 148 valence electrons. The van der Waals surface area contributed by atoms with Crippen LogP contribution in [0.3, 0.4) is 0 Å². The molecule has 0 spiro atoms. The van der Waals surface area contributed by atoms with Gasteiger partial charge in [0, 0.05) is 10.5 Å². The lowest BCUT2D eigenvalue weighted by atomic mass is 10.1. The second-order valence-electron chi connectivity index (χ2n) is 7.01. The van der Waals surface area contributed by atoms with Crippen LogP contribution >= 0.6 is 11.8 Å². The van der Waals surface area contributed by atoms with Crippen LogP contribution in [0.15, 0.2) is 53.4 Å². The van der Waals surface area contributed by atoms with Crippen molar-refractivity contribution >= 4 is 29.6 Å². The molecule has 1 N–H and O–H groups in total. The van der Waals surface area contributed by atoms with Gasteiger partial charge in [-0.2, -0.15) is 0 Å². The van der Waals surface area contributed by atoms with Crippen LogP contribution in [-0.2, 0) is 4.79 Å². The SMILES string of the molecule is CCCSc1ccc(C(=O)C=Cc2ccc(OC(C)(C)C(=O)O)c(C)c2)cc1. The van der Waals surface area contributed by atoms with Crippen LogP contribution < -0.4 is 4.74 Å². The lowest BCUT2D eigenvalue weighted by molar-refractivity contribution is -0.152. The summed E-state index contributed by atoms with van der Waals surface area (Å²) in [4.78, 5) is 24.8. The number of aryl methyl sites for hydroxylation is 1. The maximum atomic E-state index is 12.4. The number of hydrogen-bond donors (Lipinski definition) is 1. The maximum Gasteiger partial charge on any atom is 0.347 e. The fourth-order valence-electron chi connectivity index (χ4n) is 2.41. The van der Waals surface area contributed by atoms with Gasteiger partial charge in [-0.25, -0.2) is 4.79 Å². The van der Waals surface area contributed by atoms with Crippen molar-refractivity contribution in [1.82, 2.24) is 0 Å². The van der Waals surface area contributed by atoms with E-state index in [0.29, 0.717) is 11.3 Å². The van der Waals surface area contributed by atoms with Gasteiger partial charge in [0.1, 0.15) is 5.75 Å². The number of ketones is 1. The number of allylic oxidation sites excluding steroid dienone is 1. The molecule has 5 heteroatoms. The fraction of sp³-hybridized carbons (Fsp3) is 0.304. The summed E-state index contributed by atoms with van der Waals surface area (Å²) in [6.45, 7) is 7.00. The Morgan fingerprint density at radius 3 is 2.39 bits per heavy atom. The van der Waals surface area contributed by atoms with Crippen LogP contribution in [0.25, 0.3) is 6.08 Å². The lowest BCUT2D eigenvalue weighted by Gasteiger charge is -2.22. The van der Waals surface area contributed by atoms with E-state index in [-0.39, 0.29) is 5.78 Å². The van der Waals surface area contributed by atoms with Crippen LogP contribution in [0.5, 0.6) is 5.75 Å². The Hall–Kier alpha value is -2.53. The van der Waals surface area contributed by atoms with Gasteiger partial charge in [0.15, 0.2) is 11.4 Å². The summed E-state index contributed by atoms with van der Waals surface area (Å²) in [5, 5.41) is 9.19. The summed E-state index contributed by atoms with van der Waals surface area (Å²) < 4.78 is 5.59. The van der Waals surface area contributed by atoms with E-state index >= 15 is 0 Å². The van der Waals surface area contributed by atoms with Crippen molar-refractivity contribution in [1.29, 1.82) is 0 Å². The standard InChI is InChI=1S/C23H26O4S/c1-5-14-28-19-10-8-18(9-11-19)20(24)12-6-17-7-13-21(16(2)15-17)27-23(3,4)22(25)26/h6-13,15H,5,14H2,1-4H3,(H,25,26). The predicted octanol–water partition coefficient (Wildman–Crippen LogP) is 5.64. The molecule has 0 amide bonds.